The van der Waals surface area contributed by atoms with E-state index in [1.54, 1.807) is 6.08 Å². The van der Waals surface area contributed by atoms with Crippen LogP contribution in [0.15, 0.2) is 30.9 Å². The van der Waals surface area contributed by atoms with Gasteiger partial charge in [0.1, 0.15) is 12.4 Å². The van der Waals surface area contributed by atoms with E-state index in [2.05, 4.69) is 11.5 Å². The molecule has 1 fully saturated rings. The molecular weight excluding hydrogens is 347 g/mol. The summed E-state index contributed by atoms with van der Waals surface area (Å²) in [6.07, 6.45) is 1.85. The zero-order chi connectivity index (χ0) is 14.4. The summed E-state index contributed by atoms with van der Waals surface area (Å²) >= 11 is 6.09. The van der Waals surface area contributed by atoms with Crippen LogP contribution < -0.4 is 10.5 Å². The van der Waals surface area contributed by atoms with Gasteiger partial charge in [0.25, 0.3) is 0 Å². The predicted molar refractivity (Wildman–Crippen MR) is 95.7 cm³/mol. The minimum atomic E-state index is 0. The topological polar surface area (TPSA) is 47.7 Å². The molecule has 4 nitrogen and oxygen atoms in total. The highest BCUT2D eigenvalue weighted by molar-refractivity contribution is 6.30. The van der Waals surface area contributed by atoms with Crippen molar-refractivity contribution in [2.45, 2.75) is 12.6 Å². The lowest BCUT2D eigenvalue weighted by molar-refractivity contribution is -0.0262. The molecule has 0 radical (unpaired) electrons. The van der Waals surface area contributed by atoms with Crippen LogP contribution >= 0.6 is 36.4 Å². The second-order valence-electron chi connectivity index (χ2n) is 4.82. The lowest BCUT2D eigenvalue weighted by Gasteiger charge is -2.32. The Morgan fingerprint density at radius 3 is 2.91 bits per heavy atom. The maximum absolute atomic E-state index is 6.09. The number of halogens is 3. The summed E-state index contributed by atoms with van der Waals surface area (Å²) in [7, 11) is 0. The molecule has 1 saturated heterocycles. The average molecular weight is 370 g/mol. The van der Waals surface area contributed by atoms with E-state index in [4.69, 9.17) is 26.8 Å². The van der Waals surface area contributed by atoms with Gasteiger partial charge < -0.3 is 15.2 Å². The third-order valence-corrected chi connectivity index (χ3v) is 3.49. The Labute approximate surface area is 149 Å². The highest BCUT2D eigenvalue weighted by atomic mass is 35.5. The second kappa shape index (κ2) is 11.1. The van der Waals surface area contributed by atoms with Crippen LogP contribution in [0.5, 0.6) is 5.75 Å². The van der Waals surface area contributed by atoms with Crippen LogP contribution in [0.3, 0.4) is 0 Å². The molecule has 2 rings (SSSR count). The summed E-state index contributed by atoms with van der Waals surface area (Å²) in [4.78, 5) is 2.31. The number of benzene rings is 1. The fourth-order valence-electron chi connectivity index (χ4n) is 2.27. The van der Waals surface area contributed by atoms with Gasteiger partial charge in [-0.25, -0.2) is 0 Å². The Bertz CT molecular complexity index is 460. The van der Waals surface area contributed by atoms with Crippen molar-refractivity contribution in [3.8, 4) is 5.75 Å². The van der Waals surface area contributed by atoms with E-state index in [1.807, 2.05) is 18.2 Å². The van der Waals surface area contributed by atoms with E-state index >= 15 is 0 Å². The molecule has 1 aromatic carbocycles. The quantitative estimate of drug-likeness (QED) is 0.783. The van der Waals surface area contributed by atoms with Gasteiger partial charge in [0.15, 0.2) is 0 Å². The molecule has 1 unspecified atom stereocenters. The van der Waals surface area contributed by atoms with Crippen LogP contribution in [0, 0.1) is 0 Å². The Hall–Kier alpha value is -0.490. The van der Waals surface area contributed by atoms with Gasteiger partial charge in [0, 0.05) is 36.8 Å². The van der Waals surface area contributed by atoms with Crippen LogP contribution in [0.25, 0.3) is 0 Å². The number of nitrogens with two attached hydrogens (primary N) is 1. The van der Waals surface area contributed by atoms with Crippen molar-refractivity contribution in [1.29, 1.82) is 0 Å². The molecule has 1 atom stereocenters. The summed E-state index contributed by atoms with van der Waals surface area (Å²) in [5.41, 5.74) is 6.75. The van der Waals surface area contributed by atoms with Crippen molar-refractivity contribution < 1.29 is 9.47 Å². The molecule has 0 amide bonds. The molecule has 0 bridgehead atoms. The average Bonchev–Trinajstić information content (AvgIpc) is 2.47. The number of morpholine rings is 1. The molecule has 1 heterocycles. The smallest absolute Gasteiger partial charge is 0.124 e. The van der Waals surface area contributed by atoms with E-state index in [1.165, 1.54) is 0 Å². The largest absolute Gasteiger partial charge is 0.489 e. The van der Waals surface area contributed by atoms with Gasteiger partial charge in [-0.15, -0.1) is 24.8 Å². The maximum atomic E-state index is 6.09. The Morgan fingerprint density at radius 2 is 2.23 bits per heavy atom. The van der Waals surface area contributed by atoms with E-state index in [0.717, 1.165) is 36.0 Å². The maximum Gasteiger partial charge on any atom is 0.124 e. The first-order valence-electron chi connectivity index (χ1n) is 6.79. The van der Waals surface area contributed by atoms with Gasteiger partial charge in [-0.05, 0) is 18.2 Å². The van der Waals surface area contributed by atoms with Crippen molar-refractivity contribution in [1.82, 2.24) is 4.90 Å². The highest BCUT2D eigenvalue weighted by Crippen LogP contribution is 2.25. The van der Waals surface area contributed by atoms with E-state index < -0.39 is 0 Å². The first kappa shape index (κ1) is 21.5. The van der Waals surface area contributed by atoms with Crippen LogP contribution in [0.4, 0.5) is 0 Å². The molecular formula is C15H23Cl3N2O2. The summed E-state index contributed by atoms with van der Waals surface area (Å²) in [6.45, 7) is 7.93. The molecule has 22 heavy (non-hydrogen) atoms. The fourth-order valence-corrected chi connectivity index (χ4v) is 2.46. The molecule has 0 spiro atoms. The predicted octanol–water partition coefficient (Wildman–Crippen LogP) is 2.91. The van der Waals surface area contributed by atoms with Gasteiger partial charge in [0.05, 0.1) is 12.7 Å². The normalized spacial score (nSPS) is 18.0. The standard InChI is InChI=1S/C15H21ClN2O2.2ClH/c1-2-6-20-15-4-3-13(16)8-12(15)10-18-5-7-19-14(9-17)11-18;;/h2-4,8,14H,1,5-7,9-11,17H2;2*1H. The lowest BCUT2D eigenvalue weighted by atomic mass is 10.1. The van der Waals surface area contributed by atoms with Crippen molar-refractivity contribution in [2.75, 3.05) is 32.8 Å². The van der Waals surface area contributed by atoms with Crippen LogP contribution in [-0.4, -0.2) is 43.9 Å². The van der Waals surface area contributed by atoms with Crippen LogP contribution in [0.1, 0.15) is 5.56 Å². The van der Waals surface area contributed by atoms with Gasteiger partial charge in [0.2, 0.25) is 0 Å². The van der Waals surface area contributed by atoms with Crippen molar-refractivity contribution >= 4 is 36.4 Å². The zero-order valence-electron chi connectivity index (χ0n) is 12.4. The van der Waals surface area contributed by atoms with Gasteiger partial charge in [-0.3, -0.25) is 4.90 Å². The minimum absolute atomic E-state index is 0. The molecule has 0 aliphatic carbocycles. The third-order valence-electron chi connectivity index (χ3n) is 3.26. The van der Waals surface area contributed by atoms with Crippen molar-refractivity contribution in [3.05, 3.63) is 41.4 Å². The van der Waals surface area contributed by atoms with Crippen molar-refractivity contribution in [2.24, 2.45) is 5.73 Å². The third kappa shape index (κ3) is 6.32. The fraction of sp³-hybridized carbons (Fsp3) is 0.467. The summed E-state index contributed by atoms with van der Waals surface area (Å²) < 4.78 is 11.3. The van der Waals surface area contributed by atoms with Gasteiger partial charge in [-0.1, -0.05) is 24.3 Å². The molecule has 0 aromatic heterocycles. The van der Waals surface area contributed by atoms with Crippen molar-refractivity contribution in [3.63, 3.8) is 0 Å². The van der Waals surface area contributed by atoms with Gasteiger partial charge in [-0.2, -0.15) is 0 Å². The second-order valence-corrected chi connectivity index (χ2v) is 5.25. The Kier molecular flexibility index (Phi) is 10.9. The van der Waals surface area contributed by atoms with E-state index in [9.17, 15) is 0 Å². The first-order chi connectivity index (χ1) is 9.72. The molecule has 1 aliphatic heterocycles. The summed E-state index contributed by atoms with van der Waals surface area (Å²) in [5.74, 6) is 0.852. The monoisotopic (exact) mass is 368 g/mol. The lowest BCUT2D eigenvalue weighted by Crippen LogP contribution is -2.45. The zero-order valence-corrected chi connectivity index (χ0v) is 14.8. The van der Waals surface area contributed by atoms with Crippen LogP contribution in [0.2, 0.25) is 5.02 Å². The van der Waals surface area contributed by atoms with E-state index in [-0.39, 0.29) is 30.9 Å². The number of nitrogens with zero attached hydrogens (tertiary/aromatic N) is 1. The first-order valence-corrected chi connectivity index (χ1v) is 7.17. The van der Waals surface area contributed by atoms with Gasteiger partial charge >= 0.3 is 0 Å². The summed E-state index contributed by atoms with van der Waals surface area (Å²) in [6, 6.07) is 5.69. The minimum Gasteiger partial charge on any atom is -0.489 e. The number of ether oxygens (including phenoxy) is 2. The molecule has 126 valence electrons. The SMILES string of the molecule is C=CCOc1ccc(Cl)cc1CN1CCOC(CN)C1.Cl.Cl. The van der Waals surface area contributed by atoms with Crippen LogP contribution in [-0.2, 0) is 11.3 Å². The van der Waals surface area contributed by atoms with E-state index in [0.29, 0.717) is 19.8 Å². The number of rotatable bonds is 6. The number of hydrogen-bond acceptors (Lipinski definition) is 4. The molecule has 1 aromatic rings. The molecule has 0 saturated carbocycles. The number of hydrogen-bond donors (Lipinski definition) is 1. The highest BCUT2D eigenvalue weighted by Gasteiger charge is 2.20. The summed E-state index contributed by atoms with van der Waals surface area (Å²) in [5, 5.41) is 0.717. The molecule has 7 heteroatoms. The molecule has 1 aliphatic rings. The Balaban J connectivity index is 0.00000220. The Morgan fingerprint density at radius 1 is 1.45 bits per heavy atom. The molecule has 2 N–H and O–H groups in total.